The van der Waals surface area contributed by atoms with Gasteiger partial charge in [0.25, 0.3) is 5.91 Å². The largest absolute Gasteiger partial charge is 0.496 e. The van der Waals surface area contributed by atoms with E-state index >= 15 is 0 Å². The number of hydrogen-bond acceptors (Lipinski definition) is 5. The SMILES string of the molecule is CCCS(=O)(=O)NC(=O)C1=C2Cn3c(cc4c(OC)ccc(C5CCCCC5)c43)C3C(=C21)C=CC[C@H]3C(=O)O. The van der Waals surface area contributed by atoms with Crippen LogP contribution < -0.4 is 9.46 Å². The van der Waals surface area contributed by atoms with Gasteiger partial charge >= 0.3 is 5.97 Å². The zero-order valence-electron chi connectivity index (χ0n) is 22.3. The highest BCUT2D eigenvalue weighted by molar-refractivity contribution is 7.90. The summed E-state index contributed by atoms with van der Waals surface area (Å²) in [6.45, 7) is 2.13. The summed E-state index contributed by atoms with van der Waals surface area (Å²) in [5.74, 6) is -1.67. The van der Waals surface area contributed by atoms with Crippen LogP contribution >= 0.6 is 0 Å². The molecular weight excluding hydrogens is 516 g/mol. The van der Waals surface area contributed by atoms with Gasteiger partial charge in [-0.1, -0.05) is 44.4 Å². The number of aromatic nitrogens is 1. The van der Waals surface area contributed by atoms with Crippen molar-refractivity contribution in [2.75, 3.05) is 12.9 Å². The van der Waals surface area contributed by atoms with E-state index in [0.717, 1.165) is 46.3 Å². The Bertz CT molecular complexity index is 1590. The van der Waals surface area contributed by atoms with Crippen molar-refractivity contribution in [3.63, 3.8) is 0 Å². The van der Waals surface area contributed by atoms with Crippen LogP contribution in [0.1, 0.15) is 75.0 Å². The van der Waals surface area contributed by atoms with E-state index in [0.29, 0.717) is 36.5 Å². The number of nitrogens with one attached hydrogen (secondary N) is 1. The maximum Gasteiger partial charge on any atom is 0.307 e. The van der Waals surface area contributed by atoms with Crippen molar-refractivity contribution >= 4 is 32.8 Å². The summed E-state index contributed by atoms with van der Waals surface area (Å²) in [6, 6.07) is 6.24. The van der Waals surface area contributed by atoms with Gasteiger partial charge < -0.3 is 14.4 Å². The van der Waals surface area contributed by atoms with Gasteiger partial charge in [0.2, 0.25) is 10.0 Å². The lowest BCUT2D eigenvalue weighted by Gasteiger charge is -2.29. The average Bonchev–Trinajstić information content (AvgIpc) is 3.54. The molecule has 39 heavy (non-hydrogen) atoms. The molecule has 3 aliphatic carbocycles. The van der Waals surface area contributed by atoms with Gasteiger partial charge in [-0.15, -0.1) is 0 Å². The molecule has 1 aromatic carbocycles. The standard InChI is InChI=1S/C30H34N2O6S/c1-3-14-39(36,37)31-29(33)27-22-16-32-23(25-19(26(22)27)10-7-11-20(25)30(34)35)15-21-24(38-2)13-12-18(28(21)32)17-8-5-4-6-9-17/h7,10,12-13,15,17,20,25H,3-6,8-9,11,14,16H2,1-2H3,(H,31,33)(H,34,35)/t20-,25?/m1/s1. The summed E-state index contributed by atoms with van der Waals surface area (Å²) >= 11 is 0. The molecule has 4 aliphatic rings. The molecule has 1 aromatic heterocycles. The number of methoxy groups -OCH3 is 1. The molecule has 9 heteroatoms. The van der Waals surface area contributed by atoms with Gasteiger partial charge in [0.1, 0.15) is 5.75 Å². The van der Waals surface area contributed by atoms with Crippen LogP contribution in [-0.2, 0) is 26.2 Å². The fourth-order valence-corrected chi connectivity index (χ4v) is 8.04. The van der Waals surface area contributed by atoms with E-state index in [4.69, 9.17) is 4.74 Å². The molecular formula is C30H34N2O6S. The summed E-state index contributed by atoms with van der Waals surface area (Å²) in [4.78, 5) is 25.8. The van der Waals surface area contributed by atoms with E-state index in [2.05, 4.69) is 21.4 Å². The van der Waals surface area contributed by atoms with E-state index < -0.39 is 33.7 Å². The third-order valence-corrected chi connectivity index (χ3v) is 10.2. The number of carbonyl (C=O) groups is 2. The normalized spacial score (nSPS) is 22.7. The average molecular weight is 551 g/mol. The van der Waals surface area contributed by atoms with Crippen LogP contribution in [0.25, 0.3) is 10.9 Å². The van der Waals surface area contributed by atoms with Gasteiger partial charge in [-0.3, -0.25) is 9.59 Å². The number of amides is 1. The van der Waals surface area contributed by atoms with Crippen molar-refractivity contribution in [1.29, 1.82) is 0 Å². The number of sulfonamides is 1. The predicted octanol–water partition coefficient (Wildman–Crippen LogP) is 4.92. The Balaban J connectivity index is 1.56. The minimum atomic E-state index is -3.75. The Hall–Kier alpha value is -3.33. The number of allylic oxidation sites excluding steroid dienone is 4. The number of carboxylic acid groups (broad SMARTS) is 1. The second kappa shape index (κ2) is 9.70. The third kappa shape index (κ3) is 4.31. The Kier molecular flexibility index (Phi) is 6.44. The van der Waals surface area contributed by atoms with E-state index in [1.165, 1.54) is 24.8 Å². The summed E-state index contributed by atoms with van der Waals surface area (Å²) in [5.41, 5.74) is 5.82. The lowest BCUT2D eigenvalue weighted by molar-refractivity contribution is -0.142. The van der Waals surface area contributed by atoms with Crippen molar-refractivity contribution in [3.8, 4) is 5.75 Å². The smallest absolute Gasteiger partial charge is 0.307 e. The Morgan fingerprint density at radius 2 is 1.95 bits per heavy atom. The van der Waals surface area contributed by atoms with Crippen molar-refractivity contribution in [2.24, 2.45) is 5.92 Å². The quantitative estimate of drug-likeness (QED) is 0.506. The number of carbonyl (C=O) groups excluding carboxylic acids is 1. The summed E-state index contributed by atoms with van der Waals surface area (Å²) in [5, 5.41) is 11.2. The number of fused-ring (bicyclic) bond motifs is 6. The number of benzene rings is 1. The summed E-state index contributed by atoms with van der Waals surface area (Å²) in [6.07, 6.45) is 10.4. The van der Waals surface area contributed by atoms with E-state index in [1.54, 1.807) is 14.0 Å². The molecule has 8 nitrogen and oxygen atoms in total. The van der Waals surface area contributed by atoms with Crippen LogP contribution in [0, 0.1) is 5.92 Å². The molecule has 0 bridgehead atoms. The molecule has 1 unspecified atom stereocenters. The van der Waals surface area contributed by atoms with Crippen molar-refractivity contribution in [2.45, 2.75) is 70.3 Å². The molecule has 2 aromatic rings. The van der Waals surface area contributed by atoms with Crippen LogP contribution in [0.3, 0.4) is 0 Å². The minimum Gasteiger partial charge on any atom is -0.496 e. The zero-order valence-corrected chi connectivity index (χ0v) is 23.1. The number of ether oxygens (including phenoxy) is 1. The van der Waals surface area contributed by atoms with Crippen molar-refractivity contribution in [3.05, 3.63) is 63.9 Å². The number of hydrogen-bond donors (Lipinski definition) is 2. The van der Waals surface area contributed by atoms with Gasteiger partial charge in [0, 0.05) is 23.5 Å². The van der Waals surface area contributed by atoms with Gasteiger partial charge in [-0.2, -0.15) is 0 Å². The molecule has 1 saturated carbocycles. The lowest BCUT2D eigenvalue weighted by Crippen LogP contribution is -2.32. The number of rotatable bonds is 7. The van der Waals surface area contributed by atoms with Crippen molar-refractivity contribution < 1.29 is 27.9 Å². The summed E-state index contributed by atoms with van der Waals surface area (Å²) < 4.78 is 35.0. The first-order chi connectivity index (χ1) is 18.8. The van der Waals surface area contributed by atoms with E-state index in [1.807, 2.05) is 18.2 Å². The van der Waals surface area contributed by atoms with E-state index in [9.17, 15) is 23.1 Å². The number of aliphatic carboxylic acids is 1. The predicted molar refractivity (Wildman–Crippen MR) is 148 cm³/mol. The minimum absolute atomic E-state index is 0.131. The summed E-state index contributed by atoms with van der Waals surface area (Å²) in [7, 11) is -2.10. The first-order valence-corrected chi connectivity index (χ1v) is 15.5. The monoisotopic (exact) mass is 550 g/mol. The van der Waals surface area contributed by atoms with Gasteiger partial charge in [-0.25, -0.2) is 13.1 Å². The highest BCUT2D eigenvalue weighted by Crippen LogP contribution is 2.55. The Morgan fingerprint density at radius 3 is 2.64 bits per heavy atom. The molecule has 0 saturated heterocycles. The molecule has 2 atom stereocenters. The highest BCUT2D eigenvalue weighted by Gasteiger charge is 2.47. The molecule has 1 amide bonds. The maximum atomic E-state index is 13.2. The topological polar surface area (TPSA) is 115 Å². The molecule has 1 fully saturated rings. The van der Waals surface area contributed by atoms with Crippen LogP contribution in [-0.4, -0.2) is 42.8 Å². The second-order valence-electron chi connectivity index (χ2n) is 11.1. The third-order valence-electron chi connectivity index (χ3n) is 8.75. The second-order valence-corrected chi connectivity index (χ2v) is 12.9. The number of carboxylic acids is 1. The molecule has 2 N–H and O–H groups in total. The Labute approximate surface area is 228 Å². The van der Waals surface area contributed by atoms with Gasteiger partial charge in [-0.05, 0) is 66.0 Å². The molecule has 0 spiro atoms. The van der Waals surface area contributed by atoms with Crippen LogP contribution in [0.4, 0.5) is 0 Å². The maximum absolute atomic E-state index is 13.2. The fourth-order valence-electron chi connectivity index (χ4n) is 7.02. The Morgan fingerprint density at radius 1 is 1.18 bits per heavy atom. The first-order valence-electron chi connectivity index (χ1n) is 13.9. The zero-order chi connectivity index (χ0) is 27.5. The molecule has 206 valence electrons. The highest BCUT2D eigenvalue weighted by atomic mass is 32.2. The van der Waals surface area contributed by atoms with Crippen LogP contribution in [0.5, 0.6) is 5.75 Å². The molecule has 1 aliphatic heterocycles. The number of nitrogens with zero attached hydrogens (tertiary/aromatic N) is 1. The van der Waals surface area contributed by atoms with Crippen LogP contribution in [0.15, 0.2) is 52.6 Å². The van der Waals surface area contributed by atoms with Crippen LogP contribution in [0.2, 0.25) is 0 Å². The molecule has 2 heterocycles. The fraction of sp³-hybridized carbons (Fsp3) is 0.467. The van der Waals surface area contributed by atoms with Gasteiger partial charge in [0.05, 0.1) is 29.9 Å². The lowest BCUT2D eigenvalue weighted by atomic mass is 9.76. The van der Waals surface area contributed by atoms with E-state index in [-0.39, 0.29) is 5.75 Å². The van der Waals surface area contributed by atoms with Gasteiger partial charge in [0.15, 0.2) is 0 Å². The first kappa shape index (κ1) is 25.9. The van der Waals surface area contributed by atoms with Crippen molar-refractivity contribution in [1.82, 2.24) is 9.29 Å². The molecule has 0 radical (unpaired) electrons. The molecule has 6 rings (SSSR count).